The van der Waals surface area contributed by atoms with Gasteiger partial charge in [-0.1, -0.05) is 0 Å². The first-order valence-electron chi connectivity index (χ1n) is 4.56. The van der Waals surface area contributed by atoms with Gasteiger partial charge in [-0.3, -0.25) is 4.90 Å². The highest BCUT2D eigenvalue weighted by molar-refractivity contribution is 5.49. The molecular formula is C9H13N3O. The molecule has 70 valence electrons. The number of aldehydes is 1. The van der Waals surface area contributed by atoms with Crippen molar-refractivity contribution < 1.29 is 4.79 Å². The normalized spacial score (nSPS) is 16.9. The van der Waals surface area contributed by atoms with E-state index in [0.717, 1.165) is 38.3 Å². The van der Waals surface area contributed by atoms with Crippen LogP contribution >= 0.6 is 0 Å². The molecule has 4 heteroatoms. The molecule has 0 spiro atoms. The molecule has 0 unspecified atom stereocenters. The summed E-state index contributed by atoms with van der Waals surface area (Å²) >= 11 is 0. The van der Waals surface area contributed by atoms with E-state index in [1.54, 1.807) is 0 Å². The Bertz CT molecular complexity index is 295. The first-order chi connectivity index (χ1) is 6.40. The molecule has 13 heavy (non-hydrogen) atoms. The van der Waals surface area contributed by atoms with E-state index in [4.69, 9.17) is 0 Å². The van der Waals surface area contributed by atoms with Gasteiger partial charge in [0.25, 0.3) is 0 Å². The maximum absolute atomic E-state index is 10.2. The van der Waals surface area contributed by atoms with Gasteiger partial charge in [-0.25, -0.2) is 4.98 Å². The van der Waals surface area contributed by atoms with Gasteiger partial charge in [0, 0.05) is 38.4 Å². The van der Waals surface area contributed by atoms with Crippen molar-refractivity contribution in [3.05, 3.63) is 18.2 Å². The molecule has 0 radical (unpaired) electrons. The lowest BCUT2D eigenvalue weighted by Crippen LogP contribution is -2.34. The number of hydrogen-bond donors (Lipinski definition) is 0. The van der Waals surface area contributed by atoms with Gasteiger partial charge in [-0.2, -0.15) is 0 Å². The lowest BCUT2D eigenvalue weighted by atomic mass is 10.3. The van der Waals surface area contributed by atoms with E-state index in [0.29, 0.717) is 6.42 Å². The fourth-order valence-electron chi connectivity index (χ4n) is 1.65. The minimum Gasteiger partial charge on any atom is -0.333 e. The first kappa shape index (κ1) is 8.44. The van der Waals surface area contributed by atoms with Crippen LogP contribution in [0, 0.1) is 0 Å². The molecule has 2 rings (SSSR count). The smallest absolute Gasteiger partial charge is 0.122 e. The summed E-state index contributed by atoms with van der Waals surface area (Å²) in [7, 11) is 0. The van der Waals surface area contributed by atoms with E-state index in [1.165, 1.54) is 0 Å². The maximum atomic E-state index is 10.2. The SMILES string of the molecule is O=CCCN1CCn2ccnc2C1. The summed E-state index contributed by atoms with van der Waals surface area (Å²) in [5, 5.41) is 0. The van der Waals surface area contributed by atoms with Crippen molar-refractivity contribution in [3.63, 3.8) is 0 Å². The Hall–Kier alpha value is -1.16. The van der Waals surface area contributed by atoms with Crippen molar-refractivity contribution in [1.82, 2.24) is 14.5 Å². The van der Waals surface area contributed by atoms with Gasteiger partial charge in [0.05, 0.1) is 6.54 Å². The molecule has 2 heterocycles. The van der Waals surface area contributed by atoms with E-state index in [2.05, 4.69) is 14.5 Å². The van der Waals surface area contributed by atoms with Crippen molar-refractivity contribution in [3.8, 4) is 0 Å². The fraction of sp³-hybridized carbons (Fsp3) is 0.556. The Balaban J connectivity index is 1.96. The number of carbonyl (C=O) groups is 1. The number of hydrogen-bond acceptors (Lipinski definition) is 3. The Morgan fingerprint density at radius 2 is 2.46 bits per heavy atom. The zero-order chi connectivity index (χ0) is 9.10. The number of aromatic nitrogens is 2. The van der Waals surface area contributed by atoms with Crippen LogP contribution in [0.4, 0.5) is 0 Å². The third-order valence-corrected chi connectivity index (χ3v) is 2.39. The summed E-state index contributed by atoms with van der Waals surface area (Å²) in [5.74, 6) is 1.11. The Kier molecular flexibility index (Phi) is 2.40. The summed E-state index contributed by atoms with van der Waals surface area (Å²) in [6.07, 6.45) is 5.44. The predicted molar refractivity (Wildman–Crippen MR) is 48.2 cm³/mol. The molecular weight excluding hydrogens is 166 g/mol. The molecule has 1 aliphatic rings. The highest BCUT2D eigenvalue weighted by atomic mass is 16.1. The Morgan fingerprint density at radius 3 is 3.31 bits per heavy atom. The van der Waals surface area contributed by atoms with Crippen molar-refractivity contribution in [1.29, 1.82) is 0 Å². The molecule has 0 aromatic carbocycles. The molecule has 0 bridgehead atoms. The van der Waals surface area contributed by atoms with E-state index in [1.807, 2.05) is 12.4 Å². The monoisotopic (exact) mass is 179 g/mol. The standard InChI is InChI=1S/C9H13N3O/c13-7-1-3-11-5-6-12-4-2-10-9(12)8-11/h2,4,7H,1,3,5-6,8H2. The molecule has 1 aromatic rings. The van der Waals surface area contributed by atoms with Crippen LogP contribution in [0.2, 0.25) is 0 Å². The average molecular weight is 179 g/mol. The van der Waals surface area contributed by atoms with Crippen LogP contribution in [0.1, 0.15) is 12.2 Å². The molecule has 0 atom stereocenters. The summed E-state index contributed by atoms with van der Waals surface area (Å²) in [5.41, 5.74) is 0. The molecule has 1 aromatic heterocycles. The third kappa shape index (κ3) is 1.78. The van der Waals surface area contributed by atoms with E-state index >= 15 is 0 Å². The van der Waals surface area contributed by atoms with Crippen LogP contribution in [0.3, 0.4) is 0 Å². The van der Waals surface area contributed by atoms with Crippen LogP contribution in [0.5, 0.6) is 0 Å². The van der Waals surface area contributed by atoms with Crippen LogP contribution in [-0.4, -0.2) is 33.8 Å². The van der Waals surface area contributed by atoms with Crippen LogP contribution in [0.25, 0.3) is 0 Å². The number of fused-ring (bicyclic) bond motifs is 1. The highest BCUT2D eigenvalue weighted by Gasteiger charge is 2.15. The zero-order valence-electron chi connectivity index (χ0n) is 7.52. The van der Waals surface area contributed by atoms with E-state index in [-0.39, 0.29) is 0 Å². The molecule has 1 aliphatic heterocycles. The minimum absolute atomic E-state index is 0.626. The second-order valence-corrected chi connectivity index (χ2v) is 3.27. The largest absolute Gasteiger partial charge is 0.333 e. The summed E-state index contributed by atoms with van der Waals surface area (Å²) in [4.78, 5) is 16.7. The molecule has 0 saturated heterocycles. The highest BCUT2D eigenvalue weighted by Crippen LogP contribution is 2.09. The van der Waals surface area contributed by atoms with Gasteiger partial charge in [0.1, 0.15) is 12.1 Å². The molecule has 4 nitrogen and oxygen atoms in total. The fourth-order valence-corrected chi connectivity index (χ4v) is 1.65. The quantitative estimate of drug-likeness (QED) is 0.626. The van der Waals surface area contributed by atoms with Gasteiger partial charge in [0.2, 0.25) is 0 Å². The van der Waals surface area contributed by atoms with Gasteiger partial charge in [-0.05, 0) is 0 Å². The number of imidazole rings is 1. The molecule has 0 aliphatic carbocycles. The third-order valence-electron chi connectivity index (χ3n) is 2.39. The summed E-state index contributed by atoms with van der Waals surface area (Å²) < 4.78 is 2.16. The van der Waals surface area contributed by atoms with Crippen LogP contribution in [-0.2, 0) is 17.9 Å². The van der Waals surface area contributed by atoms with Crippen LogP contribution in [0.15, 0.2) is 12.4 Å². The second-order valence-electron chi connectivity index (χ2n) is 3.27. The number of nitrogens with zero attached hydrogens (tertiary/aromatic N) is 3. The zero-order valence-corrected chi connectivity index (χ0v) is 7.52. The average Bonchev–Trinajstić information content (AvgIpc) is 2.61. The second kappa shape index (κ2) is 3.70. The topological polar surface area (TPSA) is 38.1 Å². The Labute approximate surface area is 77.2 Å². The lowest BCUT2D eigenvalue weighted by Gasteiger charge is -2.26. The predicted octanol–water partition coefficient (Wildman–Crippen LogP) is 0.288. The van der Waals surface area contributed by atoms with E-state index in [9.17, 15) is 4.79 Å². The first-order valence-corrected chi connectivity index (χ1v) is 4.56. The summed E-state index contributed by atoms with van der Waals surface area (Å²) in [6, 6.07) is 0. The molecule has 0 fully saturated rings. The van der Waals surface area contributed by atoms with Gasteiger partial charge in [-0.15, -0.1) is 0 Å². The number of carbonyl (C=O) groups excluding carboxylic acids is 1. The molecule has 0 amide bonds. The van der Waals surface area contributed by atoms with Gasteiger partial charge >= 0.3 is 0 Å². The molecule has 0 saturated carbocycles. The van der Waals surface area contributed by atoms with Crippen molar-refractivity contribution in [2.75, 3.05) is 13.1 Å². The lowest BCUT2D eigenvalue weighted by molar-refractivity contribution is -0.108. The summed E-state index contributed by atoms with van der Waals surface area (Å²) in [6.45, 7) is 3.75. The van der Waals surface area contributed by atoms with Gasteiger partial charge in [0.15, 0.2) is 0 Å². The van der Waals surface area contributed by atoms with Crippen molar-refractivity contribution in [2.24, 2.45) is 0 Å². The van der Waals surface area contributed by atoms with Crippen molar-refractivity contribution in [2.45, 2.75) is 19.5 Å². The van der Waals surface area contributed by atoms with Gasteiger partial charge < -0.3 is 9.36 Å². The van der Waals surface area contributed by atoms with E-state index < -0.39 is 0 Å². The minimum atomic E-state index is 0.626. The Morgan fingerprint density at radius 1 is 1.54 bits per heavy atom. The van der Waals surface area contributed by atoms with Crippen molar-refractivity contribution >= 4 is 6.29 Å². The van der Waals surface area contributed by atoms with Crippen LogP contribution < -0.4 is 0 Å². The molecule has 0 N–H and O–H groups in total. The number of rotatable bonds is 3. The maximum Gasteiger partial charge on any atom is 0.122 e.